The smallest absolute Gasteiger partial charge is 0.321 e. The number of carbonyl (C=O) groups excluding carboxylic acids is 2. The highest BCUT2D eigenvalue weighted by Crippen LogP contribution is 2.22. The van der Waals surface area contributed by atoms with Crippen LogP contribution in [-0.2, 0) is 9.53 Å². The lowest BCUT2D eigenvalue weighted by Gasteiger charge is -2.33. The zero-order valence-corrected chi connectivity index (χ0v) is 15.6. The number of rotatable bonds is 4. The molecule has 0 radical (unpaired) electrons. The largest absolute Gasteiger partial charge is 0.378 e. The number of nitrogens with zero attached hydrogens (tertiary/aromatic N) is 2. The van der Waals surface area contributed by atoms with Crippen LogP contribution in [-0.4, -0.2) is 61.1 Å². The van der Waals surface area contributed by atoms with Crippen molar-refractivity contribution >= 4 is 17.6 Å². The molecular weight excluding hydrogens is 330 g/mol. The van der Waals surface area contributed by atoms with Crippen molar-refractivity contribution < 1.29 is 14.3 Å². The van der Waals surface area contributed by atoms with Gasteiger partial charge in [-0.2, -0.15) is 0 Å². The van der Waals surface area contributed by atoms with Crippen LogP contribution in [0.3, 0.4) is 0 Å². The Labute approximate surface area is 155 Å². The predicted octanol–water partition coefficient (Wildman–Crippen LogP) is 2.88. The normalized spacial score (nSPS) is 20.7. The lowest BCUT2D eigenvalue weighted by Crippen LogP contribution is -2.43. The van der Waals surface area contributed by atoms with Gasteiger partial charge in [-0.15, -0.1) is 0 Å². The number of piperidine rings is 1. The second-order valence-corrected chi connectivity index (χ2v) is 7.28. The Bertz CT molecular complexity index is 611. The molecule has 2 saturated heterocycles. The minimum Gasteiger partial charge on any atom is -0.378 e. The fourth-order valence-corrected chi connectivity index (χ4v) is 3.62. The zero-order chi connectivity index (χ0) is 18.4. The molecule has 0 aromatic heterocycles. The number of likely N-dealkylation sites (tertiary alicyclic amines) is 1. The average Bonchev–Trinajstić information content (AvgIpc) is 2.69. The Hall–Kier alpha value is -2.08. The molecule has 2 aliphatic heterocycles. The number of anilines is 1. The van der Waals surface area contributed by atoms with Gasteiger partial charge in [0, 0.05) is 38.3 Å². The molecule has 2 aliphatic rings. The molecule has 0 unspecified atom stereocenters. The highest BCUT2D eigenvalue weighted by molar-refractivity contribution is 5.89. The Morgan fingerprint density at radius 1 is 1.12 bits per heavy atom. The highest BCUT2D eigenvalue weighted by Gasteiger charge is 2.25. The second-order valence-electron chi connectivity index (χ2n) is 7.28. The molecule has 6 nitrogen and oxygen atoms in total. The zero-order valence-electron chi connectivity index (χ0n) is 15.6. The van der Waals surface area contributed by atoms with Crippen molar-refractivity contribution in [1.29, 1.82) is 0 Å². The molecule has 0 aliphatic carbocycles. The van der Waals surface area contributed by atoms with E-state index >= 15 is 0 Å². The predicted molar refractivity (Wildman–Crippen MR) is 101 cm³/mol. The van der Waals surface area contributed by atoms with Gasteiger partial charge >= 0.3 is 6.03 Å². The molecule has 0 spiro atoms. The maximum atomic E-state index is 12.5. The summed E-state index contributed by atoms with van der Waals surface area (Å²) >= 11 is 0. The van der Waals surface area contributed by atoms with Crippen LogP contribution in [0, 0.1) is 12.8 Å². The van der Waals surface area contributed by atoms with Gasteiger partial charge in [0.2, 0.25) is 5.91 Å². The number of ether oxygens (including phenoxy) is 1. The number of hydrogen-bond acceptors (Lipinski definition) is 3. The summed E-state index contributed by atoms with van der Waals surface area (Å²) in [6.45, 7) is 6.23. The number of nitrogens with one attached hydrogen (secondary N) is 1. The summed E-state index contributed by atoms with van der Waals surface area (Å²) in [5, 5.41) is 2.97. The fourth-order valence-electron chi connectivity index (χ4n) is 3.62. The summed E-state index contributed by atoms with van der Waals surface area (Å²) in [4.78, 5) is 28.6. The van der Waals surface area contributed by atoms with Crippen LogP contribution >= 0.6 is 0 Å². The van der Waals surface area contributed by atoms with E-state index < -0.39 is 0 Å². The van der Waals surface area contributed by atoms with Crippen LogP contribution < -0.4 is 5.32 Å². The molecule has 1 aromatic rings. The van der Waals surface area contributed by atoms with E-state index in [1.54, 1.807) is 0 Å². The van der Waals surface area contributed by atoms with Gasteiger partial charge in [-0.25, -0.2) is 4.79 Å². The molecule has 26 heavy (non-hydrogen) atoms. The van der Waals surface area contributed by atoms with E-state index in [1.807, 2.05) is 41.0 Å². The third-order valence-corrected chi connectivity index (χ3v) is 5.24. The Balaban J connectivity index is 1.45. The first kappa shape index (κ1) is 18.7. The number of benzene rings is 1. The van der Waals surface area contributed by atoms with Crippen LogP contribution in [0.5, 0.6) is 0 Å². The summed E-state index contributed by atoms with van der Waals surface area (Å²) < 4.78 is 5.30. The molecule has 3 amide bonds. The van der Waals surface area contributed by atoms with Gasteiger partial charge in [0.15, 0.2) is 0 Å². The summed E-state index contributed by atoms with van der Waals surface area (Å²) in [5.74, 6) is 0.618. The quantitative estimate of drug-likeness (QED) is 0.899. The van der Waals surface area contributed by atoms with Crippen LogP contribution in [0.15, 0.2) is 24.3 Å². The molecule has 6 heteroatoms. The van der Waals surface area contributed by atoms with E-state index in [2.05, 4.69) is 5.32 Å². The van der Waals surface area contributed by atoms with E-state index in [0.717, 1.165) is 38.0 Å². The molecule has 2 heterocycles. The van der Waals surface area contributed by atoms with E-state index in [1.165, 1.54) is 5.56 Å². The van der Waals surface area contributed by atoms with Crippen molar-refractivity contribution in [3.63, 3.8) is 0 Å². The molecule has 1 aromatic carbocycles. The van der Waals surface area contributed by atoms with Crippen LogP contribution in [0.2, 0.25) is 0 Å². The highest BCUT2D eigenvalue weighted by atomic mass is 16.5. The van der Waals surface area contributed by atoms with E-state index in [-0.39, 0.29) is 11.9 Å². The van der Waals surface area contributed by atoms with Gasteiger partial charge in [-0.1, -0.05) is 17.7 Å². The van der Waals surface area contributed by atoms with Crippen molar-refractivity contribution in [1.82, 2.24) is 9.80 Å². The first-order valence-electron chi connectivity index (χ1n) is 9.60. The second kappa shape index (κ2) is 9.03. The molecule has 3 rings (SSSR count). The first-order chi connectivity index (χ1) is 12.6. The number of urea groups is 1. The van der Waals surface area contributed by atoms with E-state index in [9.17, 15) is 9.59 Å². The molecule has 0 saturated carbocycles. The first-order valence-corrected chi connectivity index (χ1v) is 9.60. The van der Waals surface area contributed by atoms with Gasteiger partial charge in [-0.05, 0) is 44.2 Å². The number of morpholine rings is 1. The minimum atomic E-state index is -0.0435. The Kier molecular flexibility index (Phi) is 6.50. The maximum Gasteiger partial charge on any atom is 0.321 e. The summed E-state index contributed by atoms with van der Waals surface area (Å²) in [5.41, 5.74) is 2.00. The van der Waals surface area contributed by atoms with Gasteiger partial charge in [-0.3, -0.25) is 4.79 Å². The van der Waals surface area contributed by atoms with Crippen molar-refractivity contribution in [3.8, 4) is 0 Å². The lowest BCUT2D eigenvalue weighted by atomic mass is 9.93. The molecule has 142 valence electrons. The lowest BCUT2D eigenvalue weighted by molar-refractivity contribution is -0.135. The van der Waals surface area contributed by atoms with Gasteiger partial charge in [0.1, 0.15) is 0 Å². The molecule has 0 bridgehead atoms. The number of hydrogen-bond donors (Lipinski definition) is 1. The number of aryl methyl sites for hydroxylation is 1. The van der Waals surface area contributed by atoms with E-state index in [0.29, 0.717) is 38.6 Å². The third kappa shape index (κ3) is 5.21. The van der Waals surface area contributed by atoms with Crippen LogP contribution in [0.1, 0.15) is 31.2 Å². The van der Waals surface area contributed by atoms with Gasteiger partial charge < -0.3 is 19.9 Å². The minimum absolute atomic E-state index is 0.0435. The third-order valence-electron chi connectivity index (χ3n) is 5.24. The van der Waals surface area contributed by atoms with Crippen molar-refractivity contribution in [2.75, 3.05) is 44.7 Å². The fraction of sp³-hybridized carbons (Fsp3) is 0.600. The maximum absolute atomic E-state index is 12.5. The van der Waals surface area contributed by atoms with Gasteiger partial charge in [0.05, 0.1) is 13.2 Å². The molecular formula is C20H29N3O3. The molecule has 2 fully saturated rings. The standard InChI is InChI=1S/C20H29N3O3/c1-16-4-7-18(8-5-16)21-20(25)23-10-2-3-17(15-23)6-9-19(24)22-11-13-26-14-12-22/h4-5,7-8,17H,2-3,6,9-15H2,1H3,(H,21,25)/t17-/m1/s1. The Morgan fingerprint density at radius 2 is 1.85 bits per heavy atom. The van der Waals surface area contributed by atoms with Crippen molar-refractivity contribution in [2.24, 2.45) is 5.92 Å². The molecule has 1 atom stereocenters. The van der Waals surface area contributed by atoms with E-state index in [4.69, 9.17) is 4.74 Å². The number of carbonyl (C=O) groups is 2. The molecule has 1 N–H and O–H groups in total. The summed E-state index contributed by atoms with van der Waals surface area (Å²) in [6.07, 6.45) is 3.50. The Morgan fingerprint density at radius 3 is 2.58 bits per heavy atom. The monoisotopic (exact) mass is 359 g/mol. The van der Waals surface area contributed by atoms with Crippen molar-refractivity contribution in [3.05, 3.63) is 29.8 Å². The van der Waals surface area contributed by atoms with Gasteiger partial charge in [0.25, 0.3) is 0 Å². The van der Waals surface area contributed by atoms with Crippen LogP contribution in [0.25, 0.3) is 0 Å². The van der Waals surface area contributed by atoms with Crippen LogP contribution in [0.4, 0.5) is 10.5 Å². The van der Waals surface area contributed by atoms with Crippen molar-refractivity contribution in [2.45, 2.75) is 32.6 Å². The summed E-state index contributed by atoms with van der Waals surface area (Å²) in [7, 11) is 0. The summed E-state index contributed by atoms with van der Waals surface area (Å²) in [6, 6.07) is 7.79. The topological polar surface area (TPSA) is 61.9 Å². The SMILES string of the molecule is Cc1ccc(NC(=O)N2CCC[C@H](CCC(=O)N3CCOCC3)C2)cc1. The number of amides is 3. The average molecular weight is 359 g/mol.